The molecule has 9 heteroatoms. The predicted molar refractivity (Wildman–Crippen MR) is 102 cm³/mol. The lowest BCUT2D eigenvalue weighted by atomic mass is 10.1. The van der Waals surface area contributed by atoms with Crippen LogP contribution in [0.15, 0.2) is 42.5 Å². The number of carbonyl (C=O) groups is 2. The quantitative estimate of drug-likeness (QED) is 0.691. The van der Waals surface area contributed by atoms with E-state index in [2.05, 4.69) is 10.6 Å². The van der Waals surface area contributed by atoms with E-state index in [0.29, 0.717) is 19.0 Å². The second-order valence-corrected chi connectivity index (χ2v) is 7.07. The second kappa shape index (κ2) is 9.15. The molecule has 2 aromatic rings. The van der Waals surface area contributed by atoms with Gasteiger partial charge in [0.05, 0.1) is 5.56 Å². The number of likely N-dealkylation sites (tertiary alicyclic amines) is 1. The molecule has 5 nitrogen and oxygen atoms in total. The molecule has 0 spiro atoms. The number of nitrogens with one attached hydrogen (secondary N) is 2. The van der Waals surface area contributed by atoms with Gasteiger partial charge >= 0.3 is 12.2 Å². The fourth-order valence-corrected chi connectivity index (χ4v) is 3.32. The highest BCUT2D eigenvalue weighted by Crippen LogP contribution is 2.32. The minimum Gasteiger partial charge on any atom is -0.338 e. The van der Waals surface area contributed by atoms with Crippen molar-refractivity contribution in [2.45, 2.75) is 38.7 Å². The molecule has 1 heterocycles. The molecule has 0 bridgehead atoms. The van der Waals surface area contributed by atoms with Crippen LogP contribution in [0.5, 0.6) is 0 Å². The van der Waals surface area contributed by atoms with Gasteiger partial charge in [-0.2, -0.15) is 13.2 Å². The zero-order valence-corrected chi connectivity index (χ0v) is 16.1. The molecule has 160 valence electrons. The van der Waals surface area contributed by atoms with Gasteiger partial charge in [-0.15, -0.1) is 0 Å². The summed E-state index contributed by atoms with van der Waals surface area (Å²) < 4.78 is 52.2. The molecule has 0 atom stereocenters. The van der Waals surface area contributed by atoms with Gasteiger partial charge in [-0.05, 0) is 35.2 Å². The largest absolute Gasteiger partial charge is 0.416 e. The molecular formula is C21H21F4N3O2. The van der Waals surface area contributed by atoms with E-state index in [9.17, 15) is 27.2 Å². The van der Waals surface area contributed by atoms with Gasteiger partial charge in [0, 0.05) is 32.6 Å². The first-order valence-corrected chi connectivity index (χ1v) is 9.45. The van der Waals surface area contributed by atoms with E-state index in [1.165, 1.54) is 0 Å². The fraction of sp³-hybridized carbons (Fsp3) is 0.333. The molecule has 0 radical (unpaired) electrons. The molecule has 2 N–H and O–H groups in total. The van der Waals surface area contributed by atoms with Crippen LogP contribution < -0.4 is 10.6 Å². The Morgan fingerprint density at radius 3 is 2.47 bits per heavy atom. The minimum absolute atomic E-state index is 0.122. The number of amides is 3. The summed E-state index contributed by atoms with van der Waals surface area (Å²) in [6, 6.07) is 9.06. The lowest BCUT2D eigenvalue weighted by Crippen LogP contribution is -2.35. The topological polar surface area (TPSA) is 61.4 Å². The van der Waals surface area contributed by atoms with Gasteiger partial charge in [0.15, 0.2) is 0 Å². The highest BCUT2D eigenvalue weighted by Gasteiger charge is 2.33. The van der Waals surface area contributed by atoms with Gasteiger partial charge in [0.1, 0.15) is 5.82 Å². The summed E-state index contributed by atoms with van der Waals surface area (Å²) >= 11 is 0. The van der Waals surface area contributed by atoms with Crippen LogP contribution >= 0.6 is 0 Å². The molecule has 1 fully saturated rings. The zero-order chi connectivity index (χ0) is 21.7. The third-order valence-electron chi connectivity index (χ3n) is 4.81. The fourth-order valence-electron chi connectivity index (χ4n) is 3.32. The van der Waals surface area contributed by atoms with Crippen molar-refractivity contribution in [3.05, 3.63) is 70.5 Å². The maximum absolute atomic E-state index is 13.1. The molecule has 0 aromatic heterocycles. The van der Waals surface area contributed by atoms with Gasteiger partial charge in [-0.1, -0.05) is 30.3 Å². The summed E-state index contributed by atoms with van der Waals surface area (Å²) in [6.07, 6.45) is -3.30. The highest BCUT2D eigenvalue weighted by molar-refractivity contribution is 5.78. The van der Waals surface area contributed by atoms with E-state index in [4.69, 9.17) is 0 Å². The number of urea groups is 1. The first-order chi connectivity index (χ1) is 14.2. The first-order valence-electron chi connectivity index (χ1n) is 9.45. The second-order valence-electron chi connectivity index (χ2n) is 7.07. The maximum Gasteiger partial charge on any atom is 0.416 e. The van der Waals surface area contributed by atoms with E-state index in [-0.39, 0.29) is 18.0 Å². The monoisotopic (exact) mass is 423 g/mol. The molecule has 0 unspecified atom stereocenters. The van der Waals surface area contributed by atoms with Crippen molar-refractivity contribution in [3.8, 4) is 0 Å². The van der Waals surface area contributed by atoms with E-state index in [1.807, 2.05) is 18.2 Å². The maximum atomic E-state index is 13.1. The number of halogens is 4. The molecule has 3 amide bonds. The molecule has 1 aliphatic rings. The third kappa shape index (κ3) is 5.71. The van der Waals surface area contributed by atoms with Crippen molar-refractivity contribution in [1.82, 2.24) is 15.5 Å². The molecular weight excluding hydrogens is 402 g/mol. The summed E-state index contributed by atoms with van der Waals surface area (Å²) in [6.45, 7) is 1.01. The minimum atomic E-state index is -4.72. The Morgan fingerprint density at radius 2 is 1.77 bits per heavy atom. The van der Waals surface area contributed by atoms with Crippen LogP contribution in [0.3, 0.4) is 0 Å². The van der Waals surface area contributed by atoms with E-state index < -0.39 is 30.1 Å². The van der Waals surface area contributed by atoms with E-state index >= 15 is 0 Å². The highest BCUT2D eigenvalue weighted by atomic mass is 19.4. The number of carbonyl (C=O) groups excluding carboxylic acids is 2. The van der Waals surface area contributed by atoms with Crippen LogP contribution in [-0.2, 0) is 30.6 Å². The average molecular weight is 423 g/mol. The Hall–Kier alpha value is -3.10. The Morgan fingerprint density at radius 1 is 1.03 bits per heavy atom. The van der Waals surface area contributed by atoms with Crippen LogP contribution in [0.2, 0.25) is 0 Å². The van der Waals surface area contributed by atoms with Crippen LogP contribution in [0.25, 0.3) is 0 Å². The molecule has 0 saturated carbocycles. The first kappa shape index (κ1) is 21.6. The lowest BCUT2D eigenvalue weighted by molar-refractivity contribution is -0.138. The van der Waals surface area contributed by atoms with Crippen molar-refractivity contribution in [1.29, 1.82) is 0 Å². The number of benzene rings is 2. The zero-order valence-electron chi connectivity index (χ0n) is 16.1. The number of hydrogen-bond acceptors (Lipinski definition) is 2. The molecule has 3 rings (SSSR count). The van der Waals surface area contributed by atoms with Crippen molar-refractivity contribution >= 4 is 11.9 Å². The van der Waals surface area contributed by atoms with Crippen LogP contribution in [0.1, 0.15) is 35.1 Å². The normalized spacial score (nSPS) is 14.1. The Bertz CT molecular complexity index is 931. The van der Waals surface area contributed by atoms with Crippen molar-refractivity contribution < 1.29 is 27.2 Å². The standard InChI is InChI=1S/C21H21F4N3O2/c22-17-7-6-16(18(10-17)21(23,24)25)12-27-20(30)26-11-14-3-1-4-15(9-14)13-28-8-2-5-19(28)29/h1,3-4,6-7,9-10H,2,5,8,11-13H2,(H2,26,27,30). The molecule has 30 heavy (non-hydrogen) atoms. The van der Waals surface area contributed by atoms with Gasteiger partial charge in [-0.3, -0.25) is 4.79 Å². The molecule has 0 aliphatic carbocycles. The number of nitrogens with zero attached hydrogens (tertiary/aromatic N) is 1. The summed E-state index contributed by atoms with van der Waals surface area (Å²) in [5.41, 5.74) is 0.390. The lowest BCUT2D eigenvalue weighted by Gasteiger charge is -2.16. The van der Waals surface area contributed by atoms with E-state index in [1.54, 1.807) is 11.0 Å². The van der Waals surface area contributed by atoms with Crippen molar-refractivity contribution in [2.24, 2.45) is 0 Å². The Balaban J connectivity index is 1.53. The average Bonchev–Trinajstić information content (AvgIpc) is 3.09. The third-order valence-corrected chi connectivity index (χ3v) is 4.81. The number of rotatable bonds is 6. The molecule has 2 aromatic carbocycles. The van der Waals surface area contributed by atoms with Gasteiger partial charge in [0.2, 0.25) is 5.91 Å². The summed E-state index contributed by atoms with van der Waals surface area (Å²) in [4.78, 5) is 25.5. The van der Waals surface area contributed by atoms with Crippen LogP contribution in [0, 0.1) is 5.82 Å². The van der Waals surface area contributed by atoms with Crippen molar-refractivity contribution in [3.63, 3.8) is 0 Å². The van der Waals surface area contributed by atoms with Gasteiger partial charge < -0.3 is 15.5 Å². The predicted octanol–water partition coefficient (Wildman–Crippen LogP) is 3.97. The SMILES string of the molecule is O=C(NCc1cccc(CN2CCCC2=O)c1)NCc1ccc(F)cc1C(F)(F)F. The number of hydrogen-bond donors (Lipinski definition) is 2. The Labute approximate surface area is 171 Å². The van der Waals surface area contributed by atoms with Gasteiger partial charge in [0.25, 0.3) is 0 Å². The number of alkyl halides is 3. The summed E-state index contributed by atoms with van der Waals surface area (Å²) in [5, 5.41) is 4.94. The smallest absolute Gasteiger partial charge is 0.338 e. The van der Waals surface area contributed by atoms with E-state index in [0.717, 1.165) is 36.2 Å². The summed E-state index contributed by atoms with van der Waals surface area (Å²) in [7, 11) is 0. The van der Waals surface area contributed by atoms with Gasteiger partial charge in [-0.25, -0.2) is 9.18 Å². The van der Waals surface area contributed by atoms with Crippen molar-refractivity contribution in [2.75, 3.05) is 6.54 Å². The Kier molecular flexibility index (Phi) is 6.59. The molecule has 1 saturated heterocycles. The van der Waals surface area contributed by atoms with Crippen LogP contribution in [-0.4, -0.2) is 23.4 Å². The molecule has 1 aliphatic heterocycles. The van der Waals surface area contributed by atoms with Crippen LogP contribution in [0.4, 0.5) is 22.4 Å². The summed E-state index contributed by atoms with van der Waals surface area (Å²) in [5.74, 6) is -0.872.